The van der Waals surface area contributed by atoms with Crippen LogP contribution < -0.4 is 0 Å². The van der Waals surface area contributed by atoms with Gasteiger partial charge in [0, 0.05) is 31.3 Å². The summed E-state index contributed by atoms with van der Waals surface area (Å²) < 4.78 is 0. The van der Waals surface area contributed by atoms with E-state index < -0.39 is 12.0 Å². The molecule has 6 nitrogen and oxygen atoms in total. The molecular formula is C10H12ClN3O3. The summed E-state index contributed by atoms with van der Waals surface area (Å²) in [6.07, 6.45) is 3.44. The number of hydrogen-bond donors (Lipinski definition) is 2. The van der Waals surface area contributed by atoms with Crippen molar-refractivity contribution < 1.29 is 14.7 Å². The van der Waals surface area contributed by atoms with Gasteiger partial charge >= 0.3 is 5.97 Å². The van der Waals surface area contributed by atoms with E-state index in [0.717, 1.165) is 0 Å². The molecule has 1 fully saturated rings. The minimum absolute atomic E-state index is 0.203. The number of imidazole rings is 1. The number of aromatic amines is 1. The van der Waals surface area contributed by atoms with Gasteiger partial charge in [-0.1, -0.05) is 0 Å². The maximum atomic E-state index is 11.6. The smallest absolute Gasteiger partial charge is 0.326 e. The number of carboxylic acid groups (broad SMARTS) is 1. The van der Waals surface area contributed by atoms with Gasteiger partial charge in [0.15, 0.2) is 0 Å². The minimum Gasteiger partial charge on any atom is -0.480 e. The highest BCUT2D eigenvalue weighted by atomic mass is 35.5. The third kappa shape index (κ3) is 2.58. The van der Waals surface area contributed by atoms with Crippen molar-refractivity contribution in [2.75, 3.05) is 6.54 Å². The molecule has 1 amide bonds. The summed E-state index contributed by atoms with van der Waals surface area (Å²) in [5, 5.41) is 8.87. The molecule has 92 valence electrons. The fourth-order valence-electron chi connectivity index (χ4n) is 1.92. The highest BCUT2D eigenvalue weighted by Gasteiger charge is 2.37. The van der Waals surface area contributed by atoms with E-state index >= 15 is 0 Å². The van der Waals surface area contributed by atoms with Crippen LogP contribution in [0.25, 0.3) is 0 Å². The van der Waals surface area contributed by atoms with Gasteiger partial charge in [-0.15, -0.1) is 11.6 Å². The highest BCUT2D eigenvalue weighted by Crippen LogP contribution is 2.20. The standard InChI is InChI=1S/C10H12ClN3O3/c11-6-1-9(15)14(4-6)8(10(16)17)2-7-3-12-5-13-7/h3,5-6,8H,1-2,4H2,(H,12,13)(H,16,17)/t6?,8-/m0/s1. The van der Waals surface area contributed by atoms with Crippen LogP contribution in [0.5, 0.6) is 0 Å². The lowest BCUT2D eigenvalue weighted by molar-refractivity contribution is -0.148. The Morgan fingerprint density at radius 1 is 1.76 bits per heavy atom. The molecule has 0 radical (unpaired) electrons. The molecule has 0 aliphatic carbocycles. The van der Waals surface area contributed by atoms with Gasteiger partial charge in [0.1, 0.15) is 6.04 Å². The molecule has 1 aromatic rings. The molecule has 1 aliphatic heterocycles. The van der Waals surface area contributed by atoms with Crippen molar-refractivity contribution in [2.24, 2.45) is 0 Å². The number of nitrogens with one attached hydrogen (secondary N) is 1. The number of carbonyl (C=O) groups is 2. The minimum atomic E-state index is -1.03. The lowest BCUT2D eigenvalue weighted by Crippen LogP contribution is -2.43. The molecule has 7 heteroatoms. The zero-order chi connectivity index (χ0) is 12.4. The van der Waals surface area contributed by atoms with E-state index in [2.05, 4.69) is 9.97 Å². The van der Waals surface area contributed by atoms with E-state index in [0.29, 0.717) is 5.69 Å². The van der Waals surface area contributed by atoms with Gasteiger partial charge in [-0.05, 0) is 0 Å². The Kier molecular flexibility index (Phi) is 3.33. The summed E-state index contributed by atoms with van der Waals surface area (Å²) in [6, 6.07) is -0.883. The monoisotopic (exact) mass is 257 g/mol. The van der Waals surface area contributed by atoms with Crippen LogP contribution in [0.1, 0.15) is 12.1 Å². The first kappa shape index (κ1) is 11.9. The maximum absolute atomic E-state index is 11.6. The van der Waals surface area contributed by atoms with Crippen molar-refractivity contribution in [3.63, 3.8) is 0 Å². The first-order valence-electron chi connectivity index (χ1n) is 5.21. The van der Waals surface area contributed by atoms with Gasteiger partial charge in [-0.25, -0.2) is 9.78 Å². The molecule has 2 rings (SSSR count). The summed E-state index contributed by atoms with van der Waals surface area (Å²) >= 11 is 5.86. The number of amides is 1. The molecule has 2 atom stereocenters. The molecule has 1 saturated heterocycles. The summed E-state index contributed by atoms with van der Waals surface area (Å²) in [5.41, 5.74) is 0.684. The number of likely N-dealkylation sites (tertiary alicyclic amines) is 1. The van der Waals surface area contributed by atoms with Crippen LogP contribution in [0.2, 0.25) is 0 Å². The first-order chi connectivity index (χ1) is 8.08. The summed E-state index contributed by atoms with van der Waals surface area (Å²) in [4.78, 5) is 30.8. The molecule has 0 aromatic carbocycles. The zero-order valence-electron chi connectivity index (χ0n) is 8.97. The van der Waals surface area contributed by atoms with Crippen molar-refractivity contribution in [3.8, 4) is 0 Å². The third-order valence-corrected chi connectivity index (χ3v) is 3.03. The van der Waals surface area contributed by atoms with Crippen LogP contribution in [0.3, 0.4) is 0 Å². The highest BCUT2D eigenvalue weighted by molar-refractivity contribution is 6.22. The van der Waals surface area contributed by atoms with E-state index in [9.17, 15) is 9.59 Å². The number of nitrogens with zero attached hydrogens (tertiary/aromatic N) is 2. The van der Waals surface area contributed by atoms with E-state index in [4.69, 9.17) is 16.7 Å². The molecule has 2 N–H and O–H groups in total. The predicted molar refractivity (Wildman–Crippen MR) is 59.7 cm³/mol. The molecule has 17 heavy (non-hydrogen) atoms. The van der Waals surface area contributed by atoms with Gasteiger partial charge in [0.25, 0.3) is 0 Å². The molecule has 1 aromatic heterocycles. The van der Waals surface area contributed by atoms with Gasteiger partial charge in [-0.2, -0.15) is 0 Å². The van der Waals surface area contributed by atoms with Gasteiger partial charge < -0.3 is 15.0 Å². The van der Waals surface area contributed by atoms with Crippen molar-refractivity contribution in [2.45, 2.75) is 24.3 Å². The Labute approximate surface area is 103 Å². The predicted octanol–water partition coefficient (Wildman–Crippen LogP) is 0.245. The normalized spacial score (nSPS) is 21.8. The molecule has 2 heterocycles. The molecular weight excluding hydrogens is 246 g/mol. The largest absolute Gasteiger partial charge is 0.480 e. The summed E-state index contributed by atoms with van der Waals surface area (Å²) in [6.45, 7) is 0.283. The second-order valence-electron chi connectivity index (χ2n) is 3.98. The number of carboxylic acids is 1. The number of halogens is 1. The van der Waals surface area contributed by atoms with Crippen molar-refractivity contribution in [3.05, 3.63) is 18.2 Å². The Morgan fingerprint density at radius 3 is 3.00 bits per heavy atom. The van der Waals surface area contributed by atoms with Gasteiger partial charge in [0.2, 0.25) is 5.91 Å². The lowest BCUT2D eigenvalue weighted by atomic mass is 10.1. The summed E-state index contributed by atoms with van der Waals surface area (Å²) in [7, 11) is 0. The number of H-pyrrole nitrogens is 1. The molecule has 0 saturated carbocycles. The van der Waals surface area contributed by atoms with E-state index in [1.165, 1.54) is 11.2 Å². The van der Waals surface area contributed by atoms with Crippen LogP contribution in [0.4, 0.5) is 0 Å². The van der Waals surface area contributed by atoms with Crippen LogP contribution in [0, 0.1) is 0 Å². The average Bonchev–Trinajstić information content (AvgIpc) is 2.84. The SMILES string of the molecule is O=C(O)[C@H](Cc1cnc[nH]1)N1CC(Cl)CC1=O. The second kappa shape index (κ2) is 4.75. The van der Waals surface area contributed by atoms with Crippen LogP contribution in [0.15, 0.2) is 12.5 Å². The Morgan fingerprint density at radius 2 is 2.53 bits per heavy atom. The topological polar surface area (TPSA) is 86.3 Å². The van der Waals surface area contributed by atoms with E-state index in [1.54, 1.807) is 6.20 Å². The number of aromatic nitrogens is 2. The number of alkyl halides is 1. The molecule has 1 aliphatic rings. The zero-order valence-corrected chi connectivity index (χ0v) is 9.72. The molecule has 1 unspecified atom stereocenters. The number of rotatable bonds is 4. The average molecular weight is 258 g/mol. The van der Waals surface area contributed by atoms with E-state index in [-0.39, 0.29) is 30.7 Å². The fraction of sp³-hybridized carbons (Fsp3) is 0.500. The number of carbonyl (C=O) groups excluding carboxylic acids is 1. The Hall–Kier alpha value is -1.56. The lowest BCUT2D eigenvalue weighted by Gasteiger charge is -2.23. The third-order valence-electron chi connectivity index (χ3n) is 2.74. The van der Waals surface area contributed by atoms with E-state index in [1.807, 2.05) is 0 Å². The van der Waals surface area contributed by atoms with Crippen molar-refractivity contribution >= 4 is 23.5 Å². The number of aliphatic carboxylic acids is 1. The van der Waals surface area contributed by atoms with Crippen LogP contribution in [-0.2, 0) is 16.0 Å². The van der Waals surface area contributed by atoms with Crippen molar-refractivity contribution in [1.29, 1.82) is 0 Å². The first-order valence-corrected chi connectivity index (χ1v) is 5.65. The molecule has 0 bridgehead atoms. The number of hydrogen-bond acceptors (Lipinski definition) is 3. The van der Waals surface area contributed by atoms with Crippen LogP contribution in [-0.4, -0.2) is 49.8 Å². The summed E-state index contributed by atoms with van der Waals surface area (Å²) in [5.74, 6) is -1.24. The quantitative estimate of drug-likeness (QED) is 0.757. The van der Waals surface area contributed by atoms with Crippen LogP contribution >= 0.6 is 11.6 Å². The van der Waals surface area contributed by atoms with Gasteiger partial charge in [-0.3, -0.25) is 4.79 Å². The molecule has 0 spiro atoms. The Balaban J connectivity index is 2.12. The Bertz CT molecular complexity index is 420. The van der Waals surface area contributed by atoms with Gasteiger partial charge in [0.05, 0.1) is 11.7 Å². The van der Waals surface area contributed by atoms with Crippen molar-refractivity contribution in [1.82, 2.24) is 14.9 Å². The fourth-order valence-corrected chi connectivity index (χ4v) is 2.20. The second-order valence-corrected chi connectivity index (χ2v) is 4.60. The maximum Gasteiger partial charge on any atom is 0.326 e.